The zero-order valence-corrected chi connectivity index (χ0v) is 9.21. The highest BCUT2D eigenvalue weighted by Crippen LogP contribution is 2.41. The number of halogens is 3. The Bertz CT molecular complexity index is 347. The molecule has 1 aliphatic carbocycles. The molecule has 0 aromatic carbocycles. The molecule has 1 saturated carbocycles. The van der Waals surface area contributed by atoms with Crippen molar-refractivity contribution >= 4 is 11.6 Å². The van der Waals surface area contributed by atoms with Gasteiger partial charge in [-0.25, -0.2) is 8.78 Å². The highest BCUT2D eigenvalue weighted by atomic mass is 35.5. The molecule has 5 heteroatoms. The van der Waals surface area contributed by atoms with Gasteiger partial charge in [0.1, 0.15) is 5.69 Å². The molecule has 84 valence electrons. The zero-order chi connectivity index (χ0) is 11.0. The molecule has 2 nitrogen and oxygen atoms in total. The zero-order valence-electron chi connectivity index (χ0n) is 8.46. The SMILES string of the molecule is CC(C1CC1)n1ncc(CCl)c1C(F)F. The maximum Gasteiger partial charge on any atom is 0.280 e. The minimum absolute atomic E-state index is 0.00981. The Labute approximate surface area is 92.2 Å². The van der Waals surface area contributed by atoms with Crippen LogP contribution >= 0.6 is 11.6 Å². The Morgan fingerprint density at radius 2 is 2.27 bits per heavy atom. The Balaban J connectivity index is 2.32. The van der Waals surface area contributed by atoms with E-state index in [4.69, 9.17) is 11.6 Å². The van der Waals surface area contributed by atoms with Crippen molar-refractivity contribution in [3.05, 3.63) is 17.5 Å². The smallest absolute Gasteiger partial charge is 0.260 e. The van der Waals surface area contributed by atoms with Gasteiger partial charge in [0.05, 0.1) is 18.1 Å². The van der Waals surface area contributed by atoms with Crippen LogP contribution in [0.1, 0.15) is 43.5 Å². The van der Waals surface area contributed by atoms with Crippen molar-refractivity contribution in [1.29, 1.82) is 0 Å². The van der Waals surface area contributed by atoms with Crippen LogP contribution in [-0.4, -0.2) is 9.78 Å². The van der Waals surface area contributed by atoms with Gasteiger partial charge in [-0.1, -0.05) is 0 Å². The largest absolute Gasteiger partial charge is 0.280 e. The number of nitrogens with zero attached hydrogens (tertiary/aromatic N) is 2. The summed E-state index contributed by atoms with van der Waals surface area (Å²) < 4.78 is 27.1. The Kier molecular flexibility index (Phi) is 2.96. The van der Waals surface area contributed by atoms with E-state index in [0.717, 1.165) is 12.8 Å². The first kappa shape index (κ1) is 10.9. The molecule has 0 spiro atoms. The molecule has 0 radical (unpaired) electrons. The average Bonchev–Trinajstić information content (AvgIpc) is 2.95. The summed E-state index contributed by atoms with van der Waals surface area (Å²) >= 11 is 5.60. The lowest BCUT2D eigenvalue weighted by Crippen LogP contribution is -2.13. The van der Waals surface area contributed by atoms with E-state index in [9.17, 15) is 8.78 Å². The number of hydrogen-bond donors (Lipinski definition) is 0. The van der Waals surface area contributed by atoms with E-state index in [1.165, 1.54) is 10.9 Å². The van der Waals surface area contributed by atoms with Crippen molar-refractivity contribution in [3.8, 4) is 0 Å². The Hall–Kier alpha value is -0.640. The molecule has 1 aliphatic rings. The van der Waals surface area contributed by atoms with E-state index >= 15 is 0 Å². The van der Waals surface area contributed by atoms with Crippen LogP contribution in [0.5, 0.6) is 0 Å². The summed E-state index contributed by atoms with van der Waals surface area (Å²) in [4.78, 5) is 0. The van der Waals surface area contributed by atoms with Crippen molar-refractivity contribution in [2.24, 2.45) is 5.92 Å². The molecule has 0 N–H and O–H groups in total. The standard InChI is InChI=1S/C10H13ClF2N2/c1-6(7-2-3-7)15-9(10(12)13)8(4-11)5-14-15/h5-7,10H,2-4H2,1H3. The fourth-order valence-corrected chi connectivity index (χ4v) is 2.06. The van der Waals surface area contributed by atoms with E-state index in [1.54, 1.807) is 0 Å². The summed E-state index contributed by atoms with van der Waals surface area (Å²) in [7, 11) is 0. The number of hydrogen-bond acceptors (Lipinski definition) is 1. The van der Waals surface area contributed by atoms with Gasteiger partial charge in [0.2, 0.25) is 0 Å². The number of rotatable bonds is 4. The van der Waals surface area contributed by atoms with E-state index < -0.39 is 6.43 Å². The van der Waals surface area contributed by atoms with Gasteiger partial charge in [-0.15, -0.1) is 11.6 Å². The van der Waals surface area contributed by atoms with Crippen LogP contribution in [0.4, 0.5) is 8.78 Å². The predicted octanol–water partition coefficient (Wildman–Crippen LogP) is 3.53. The van der Waals surface area contributed by atoms with Crippen LogP contribution in [0, 0.1) is 5.92 Å². The first-order chi connectivity index (χ1) is 7.15. The molecule has 0 aliphatic heterocycles. The second kappa shape index (κ2) is 4.08. The first-order valence-electron chi connectivity index (χ1n) is 5.05. The van der Waals surface area contributed by atoms with Crippen molar-refractivity contribution in [2.75, 3.05) is 0 Å². The fourth-order valence-electron chi connectivity index (χ4n) is 1.85. The van der Waals surface area contributed by atoms with Crippen LogP contribution in [0.15, 0.2) is 6.20 Å². The lowest BCUT2D eigenvalue weighted by Gasteiger charge is -2.15. The Morgan fingerprint density at radius 3 is 2.73 bits per heavy atom. The van der Waals surface area contributed by atoms with Crippen LogP contribution in [0.2, 0.25) is 0 Å². The molecule has 15 heavy (non-hydrogen) atoms. The third-order valence-corrected chi connectivity index (χ3v) is 3.24. The van der Waals surface area contributed by atoms with E-state index in [-0.39, 0.29) is 17.6 Å². The van der Waals surface area contributed by atoms with Crippen molar-refractivity contribution in [3.63, 3.8) is 0 Å². The highest BCUT2D eigenvalue weighted by molar-refractivity contribution is 6.17. The van der Waals surface area contributed by atoms with Gasteiger partial charge in [0.15, 0.2) is 0 Å². The van der Waals surface area contributed by atoms with Crippen molar-refractivity contribution < 1.29 is 8.78 Å². The minimum Gasteiger partial charge on any atom is -0.260 e. The lowest BCUT2D eigenvalue weighted by molar-refractivity contribution is 0.134. The molecule has 1 atom stereocenters. The Morgan fingerprint density at radius 1 is 1.60 bits per heavy atom. The van der Waals surface area contributed by atoms with Gasteiger partial charge in [-0.3, -0.25) is 4.68 Å². The molecular formula is C10H13ClF2N2. The molecule has 1 aromatic rings. The van der Waals surface area contributed by atoms with Gasteiger partial charge in [-0.2, -0.15) is 5.10 Å². The third kappa shape index (κ3) is 2.00. The number of alkyl halides is 3. The third-order valence-electron chi connectivity index (χ3n) is 2.95. The van der Waals surface area contributed by atoms with Crippen LogP contribution in [0.3, 0.4) is 0 Å². The monoisotopic (exact) mass is 234 g/mol. The summed E-state index contributed by atoms with van der Waals surface area (Å²) in [6.07, 6.45) is 1.18. The summed E-state index contributed by atoms with van der Waals surface area (Å²) in [5.74, 6) is 0.599. The first-order valence-corrected chi connectivity index (χ1v) is 5.59. The van der Waals surface area contributed by atoms with E-state index in [0.29, 0.717) is 11.5 Å². The van der Waals surface area contributed by atoms with Crippen LogP contribution in [-0.2, 0) is 5.88 Å². The van der Waals surface area contributed by atoms with Gasteiger partial charge in [-0.05, 0) is 25.7 Å². The molecule has 1 aromatic heterocycles. The summed E-state index contributed by atoms with van der Waals surface area (Å²) in [5, 5.41) is 4.02. The maximum atomic E-state index is 12.8. The molecule has 0 bridgehead atoms. The van der Waals surface area contributed by atoms with Crippen LogP contribution in [0.25, 0.3) is 0 Å². The molecule has 2 rings (SSSR count). The number of aromatic nitrogens is 2. The van der Waals surface area contributed by atoms with Gasteiger partial charge >= 0.3 is 0 Å². The molecule has 1 unspecified atom stereocenters. The van der Waals surface area contributed by atoms with Gasteiger partial charge in [0.25, 0.3) is 6.43 Å². The topological polar surface area (TPSA) is 17.8 Å². The summed E-state index contributed by atoms with van der Waals surface area (Å²) in [6, 6.07) is 0.0611. The van der Waals surface area contributed by atoms with E-state index in [1.807, 2.05) is 6.92 Å². The molecule has 0 saturated heterocycles. The molecular weight excluding hydrogens is 222 g/mol. The second-order valence-corrected chi connectivity index (χ2v) is 4.28. The minimum atomic E-state index is -2.50. The lowest BCUT2D eigenvalue weighted by atomic mass is 10.2. The van der Waals surface area contributed by atoms with Crippen molar-refractivity contribution in [1.82, 2.24) is 9.78 Å². The average molecular weight is 235 g/mol. The van der Waals surface area contributed by atoms with E-state index in [2.05, 4.69) is 5.10 Å². The maximum absolute atomic E-state index is 12.8. The van der Waals surface area contributed by atoms with Gasteiger partial charge < -0.3 is 0 Å². The normalized spacial score (nSPS) is 18.5. The summed E-state index contributed by atoms with van der Waals surface area (Å²) in [5.41, 5.74) is 0.434. The summed E-state index contributed by atoms with van der Waals surface area (Å²) in [6.45, 7) is 1.94. The molecule has 0 amide bonds. The van der Waals surface area contributed by atoms with Crippen molar-refractivity contribution in [2.45, 2.75) is 38.1 Å². The fraction of sp³-hybridized carbons (Fsp3) is 0.700. The van der Waals surface area contributed by atoms with Crippen LogP contribution < -0.4 is 0 Å². The molecule has 1 fully saturated rings. The van der Waals surface area contributed by atoms with Gasteiger partial charge in [0, 0.05) is 5.56 Å². The highest BCUT2D eigenvalue weighted by Gasteiger charge is 2.32. The molecule has 1 heterocycles. The quantitative estimate of drug-likeness (QED) is 0.729. The second-order valence-electron chi connectivity index (χ2n) is 4.01. The predicted molar refractivity (Wildman–Crippen MR) is 54.2 cm³/mol.